The smallest absolute Gasteiger partial charge is 0.414 e. The summed E-state index contributed by atoms with van der Waals surface area (Å²) < 4.78 is 23.3. The van der Waals surface area contributed by atoms with Crippen LogP contribution in [0, 0.1) is 5.92 Å². The topological polar surface area (TPSA) is 91.7 Å². The van der Waals surface area contributed by atoms with E-state index >= 15 is 0 Å². The Hall–Kier alpha value is -4.31. The van der Waals surface area contributed by atoms with Crippen molar-refractivity contribution in [1.29, 1.82) is 0 Å². The lowest BCUT2D eigenvalue weighted by Crippen LogP contribution is -2.53. The maximum Gasteiger partial charge on any atom is 0.414 e. The molecule has 9 nitrogen and oxygen atoms in total. The van der Waals surface area contributed by atoms with Gasteiger partial charge < -0.3 is 18.9 Å². The van der Waals surface area contributed by atoms with E-state index in [0.29, 0.717) is 44.2 Å². The number of piperidine rings is 3. The van der Waals surface area contributed by atoms with Crippen molar-refractivity contribution in [1.82, 2.24) is 4.90 Å². The summed E-state index contributed by atoms with van der Waals surface area (Å²) in [5.74, 6) is 0.896. The van der Waals surface area contributed by atoms with Gasteiger partial charge in [-0.15, -0.1) is 0 Å². The van der Waals surface area contributed by atoms with Crippen LogP contribution in [0.1, 0.15) is 46.0 Å². The first kappa shape index (κ1) is 32.2. The van der Waals surface area contributed by atoms with Gasteiger partial charge in [0.15, 0.2) is 23.9 Å². The number of aromatic nitrogens is 1. The molecule has 0 saturated carbocycles. The molecule has 248 valence electrons. The third-order valence-electron chi connectivity index (χ3n) is 9.64. The van der Waals surface area contributed by atoms with Crippen molar-refractivity contribution in [2.45, 2.75) is 38.0 Å². The van der Waals surface area contributed by atoms with E-state index in [0.717, 1.165) is 54.9 Å². The molecule has 0 spiro atoms. The van der Waals surface area contributed by atoms with Gasteiger partial charge in [0.25, 0.3) is 0 Å². The number of anilines is 1. The van der Waals surface area contributed by atoms with Crippen molar-refractivity contribution in [3.63, 3.8) is 0 Å². The Morgan fingerprint density at radius 3 is 2.38 bits per heavy atom. The summed E-state index contributed by atoms with van der Waals surface area (Å²) in [6.45, 7) is 3.17. The Morgan fingerprint density at radius 2 is 1.67 bits per heavy atom. The maximum atomic E-state index is 13.9. The molecule has 1 N–H and O–H groups in total. The molecule has 11 heteroatoms. The summed E-state index contributed by atoms with van der Waals surface area (Å²) in [6.07, 6.45) is 4.32. The highest BCUT2D eigenvalue weighted by Crippen LogP contribution is 2.41. The molecule has 0 radical (unpaired) electrons. The van der Waals surface area contributed by atoms with Gasteiger partial charge in [-0.05, 0) is 78.9 Å². The van der Waals surface area contributed by atoms with Gasteiger partial charge >= 0.3 is 12.1 Å². The minimum atomic E-state index is -0.764. The van der Waals surface area contributed by atoms with Gasteiger partial charge in [0.05, 0.1) is 32.0 Å². The first-order valence-corrected chi connectivity index (χ1v) is 16.8. The summed E-state index contributed by atoms with van der Waals surface area (Å²) in [4.78, 5) is 34.6. The van der Waals surface area contributed by atoms with Crippen LogP contribution in [0.5, 0.6) is 11.5 Å². The molecular weight excluding hydrogens is 653 g/mol. The lowest BCUT2D eigenvalue weighted by molar-refractivity contribution is -0.377. The molecule has 3 saturated heterocycles. The van der Waals surface area contributed by atoms with E-state index in [1.165, 1.54) is 0 Å². The molecule has 1 amide bonds. The van der Waals surface area contributed by atoms with Crippen LogP contribution in [0.4, 0.5) is 10.5 Å². The number of methoxy groups -OCH3 is 2. The van der Waals surface area contributed by atoms with Crippen LogP contribution in [0.3, 0.4) is 0 Å². The summed E-state index contributed by atoms with van der Waals surface area (Å²) in [5.41, 5.74) is 5.11. The first-order valence-electron chi connectivity index (χ1n) is 16.0. The zero-order valence-corrected chi connectivity index (χ0v) is 28.2. The number of carbonyl (C=O) groups excluding carboxylic acids is 2. The predicted octanol–water partition coefficient (Wildman–Crippen LogP) is 7.18. The first-order chi connectivity index (χ1) is 23.3. The number of pyridine rings is 1. The van der Waals surface area contributed by atoms with Crippen molar-refractivity contribution in [2.75, 3.05) is 38.8 Å². The van der Waals surface area contributed by atoms with E-state index < -0.39 is 12.1 Å². The summed E-state index contributed by atoms with van der Waals surface area (Å²) in [5, 5.41) is 0.836. The van der Waals surface area contributed by atoms with Gasteiger partial charge in [-0.2, -0.15) is 0 Å². The minimum Gasteiger partial charge on any atom is -0.493 e. The van der Waals surface area contributed by atoms with Crippen LogP contribution in [0.25, 0.3) is 11.1 Å². The molecule has 8 rings (SSSR count). The molecular formula is C37H36Cl2N3O6+. The zero-order valence-electron chi connectivity index (χ0n) is 26.7. The lowest BCUT2D eigenvalue weighted by Gasteiger charge is -2.44. The fourth-order valence-electron chi connectivity index (χ4n) is 7.04. The number of hydrogen-bond acceptors (Lipinski definition) is 7. The highest BCUT2D eigenvalue weighted by molar-refractivity contribution is 6.35. The highest BCUT2D eigenvalue weighted by atomic mass is 35.5. The third-order valence-corrected chi connectivity index (χ3v) is 10.3. The number of amides is 1. The highest BCUT2D eigenvalue weighted by Gasteiger charge is 2.38. The standard InChI is InChI=1S/C37H35Cl2N3O6/c1-45-32-10-8-23(16-34(32)46-2)33(17-28-29(38)18-40-19-30(28)39)47-36(43)24-7-9-26-25(15-24)20-42(31-6-4-3-5-27(26)31)37(44)48-35-21-41-13-11-22(35)12-14-41/h3-10,15-16,18-19,22,33,35H,11-14,17,20-21H2,1-2H3/p+1/t33-,35-/m0/s1. The fourth-order valence-corrected chi connectivity index (χ4v) is 7.57. The van der Waals surface area contributed by atoms with Gasteiger partial charge in [-0.3, -0.25) is 9.80 Å². The Balaban J connectivity index is 1.17. The van der Waals surface area contributed by atoms with Crippen molar-refractivity contribution in [3.8, 4) is 22.6 Å². The molecule has 2 bridgehead atoms. The molecule has 48 heavy (non-hydrogen) atoms. The quantitative estimate of drug-likeness (QED) is 0.181. The van der Waals surface area contributed by atoms with Crippen molar-refractivity contribution in [2.24, 2.45) is 5.92 Å². The van der Waals surface area contributed by atoms with Crippen LogP contribution in [-0.2, 0) is 22.4 Å². The van der Waals surface area contributed by atoms with E-state index in [9.17, 15) is 9.59 Å². The average molecular weight is 690 g/mol. The molecule has 4 aliphatic rings. The third kappa shape index (κ3) is 6.30. The van der Waals surface area contributed by atoms with E-state index in [2.05, 4.69) is 9.88 Å². The van der Waals surface area contributed by atoms with E-state index in [4.69, 9.17) is 42.1 Å². The number of halogens is 2. The van der Waals surface area contributed by atoms with Gasteiger partial charge in [0, 0.05) is 24.1 Å². The Labute approximate surface area is 289 Å². The number of benzene rings is 3. The summed E-state index contributed by atoms with van der Waals surface area (Å²) in [6, 6.07) is 18.6. The Bertz CT molecular complexity index is 1840. The molecule has 5 heterocycles. The van der Waals surface area contributed by atoms with E-state index in [-0.39, 0.29) is 25.2 Å². The Morgan fingerprint density at radius 1 is 0.917 bits per heavy atom. The molecule has 2 atom stereocenters. The number of esters is 1. The number of rotatable bonds is 8. The largest absolute Gasteiger partial charge is 0.493 e. The van der Waals surface area contributed by atoms with Gasteiger partial charge in [-0.1, -0.05) is 53.5 Å². The second-order valence-corrected chi connectivity index (χ2v) is 13.2. The van der Waals surface area contributed by atoms with Crippen LogP contribution in [0.2, 0.25) is 10.0 Å². The van der Waals surface area contributed by atoms with Crippen LogP contribution in [-0.4, -0.2) is 56.9 Å². The van der Waals surface area contributed by atoms with E-state index in [1.807, 2.05) is 36.4 Å². The molecule has 4 aromatic rings. The van der Waals surface area contributed by atoms with Gasteiger partial charge in [0.2, 0.25) is 0 Å². The molecule has 0 aliphatic carbocycles. The number of fused-ring (bicyclic) bond motifs is 6. The average Bonchev–Trinajstić information content (AvgIpc) is 3.12. The number of aromatic amines is 1. The van der Waals surface area contributed by atoms with Crippen LogP contribution in [0.15, 0.2) is 73.1 Å². The second-order valence-electron chi connectivity index (χ2n) is 12.4. The zero-order chi connectivity index (χ0) is 33.4. The van der Waals surface area contributed by atoms with Crippen LogP contribution < -0.4 is 19.4 Å². The number of ether oxygens (including phenoxy) is 4. The minimum absolute atomic E-state index is 0.118. The second kappa shape index (κ2) is 13.7. The summed E-state index contributed by atoms with van der Waals surface area (Å²) >= 11 is 13.0. The number of nitrogens with zero attached hydrogens (tertiary/aromatic N) is 2. The lowest BCUT2D eigenvalue weighted by atomic mass is 9.86. The van der Waals surface area contributed by atoms with Crippen LogP contribution >= 0.6 is 23.2 Å². The SMILES string of the molecule is COc1ccc([C@H](Cc2c(Cl)c[nH+]cc2Cl)OC(=O)c2ccc3c(c2)CN(C(=O)O[C@H]2CN4CCC2CC4)c2ccccc2-3)cc1OC. The predicted molar refractivity (Wildman–Crippen MR) is 182 cm³/mol. The van der Waals surface area contributed by atoms with Crippen molar-refractivity contribution >= 4 is 41.0 Å². The van der Waals surface area contributed by atoms with Crippen molar-refractivity contribution in [3.05, 3.63) is 105 Å². The number of H-pyrrole nitrogens is 1. The van der Waals surface area contributed by atoms with E-state index in [1.54, 1.807) is 55.8 Å². The molecule has 3 fully saturated rings. The molecule has 0 unspecified atom stereocenters. The fraction of sp³-hybridized carbons (Fsp3) is 0.324. The number of hydrogen-bond donors (Lipinski definition) is 0. The van der Waals surface area contributed by atoms with Gasteiger partial charge in [-0.25, -0.2) is 14.6 Å². The number of carbonyl (C=O) groups is 2. The Kier molecular flexibility index (Phi) is 9.18. The maximum absolute atomic E-state index is 13.9. The van der Waals surface area contributed by atoms with Crippen molar-refractivity contribution < 1.29 is 33.5 Å². The normalized spacial score (nSPS) is 19.9. The summed E-state index contributed by atoms with van der Waals surface area (Å²) in [7, 11) is 3.10. The monoisotopic (exact) mass is 688 g/mol. The number of para-hydroxylation sites is 1. The van der Waals surface area contributed by atoms with Gasteiger partial charge in [0.1, 0.15) is 22.3 Å². The molecule has 4 aliphatic heterocycles. The number of nitrogens with one attached hydrogen (secondary N) is 1. The molecule has 1 aromatic heterocycles. The molecule has 3 aromatic carbocycles.